The molecule has 1 aromatic rings. The third kappa shape index (κ3) is 3.55. The summed E-state index contributed by atoms with van der Waals surface area (Å²) in [7, 11) is -2.82. The average molecular weight is 257 g/mol. The molecule has 0 radical (unpaired) electrons. The van der Waals surface area contributed by atoms with Gasteiger partial charge in [0.05, 0.1) is 17.6 Å². The van der Waals surface area contributed by atoms with Crippen molar-refractivity contribution < 1.29 is 22.3 Å². The highest BCUT2D eigenvalue weighted by Gasteiger charge is 2.10. The number of methoxy groups -OCH3 is 1. The van der Waals surface area contributed by atoms with Crippen LogP contribution in [0, 0.1) is 17.7 Å². The lowest BCUT2D eigenvalue weighted by Gasteiger charge is -1.99. The Hall–Kier alpha value is -1.91. The van der Waals surface area contributed by atoms with E-state index in [1.807, 2.05) is 5.92 Å². The Labute approximate surface area is 97.4 Å². The molecule has 0 saturated carbocycles. The molecule has 7 heteroatoms. The summed E-state index contributed by atoms with van der Waals surface area (Å²) in [6, 6.07) is 2.95. The molecule has 2 N–H and O–H groups in total. The molecule has 0 unspecified atom stereocenters. The molecule has 0 saturated heterocycles. The zero-order valence-electron chi connectivity index (χ0n) is 8.73. The molecule has 0 aliphatic heterocycles. The van der Waals surface area contributed by atoms with E-state index in [0.29, 0.717) is 0 Å². The molecule has 90 valence electrons. The van der Waals surface area contributed by atoms with E-state index in [-0.39, 0.29) is 10.5 Å². The van der Waals surface area contributed by atoms with Gasteiger partial charge in [0.1, 0.15) is 5.82 Å². The minimum absolute atomic E-state index is 0.122. The van der Waals surface area contributed by atoms with Gasteiger partial charge in [0.2, 0.25) is 10.0 Å². The molecule has 0 aromatic heterocycles. The van der Waals surface area contributed by atoms with Crippen LogP contribution in [0.5, 0.6) is 0 Å². The van der Waals surface area contributed by atoms with Gasteiger partial charge in [0.25, 0.3) is 0 Å². The molecule has 0 aliphatic carbocycles. The van der Waals surface area contributed by atoms with Gasteiger partial charge in [-0.1, -0.05) is 5.92 Å². The van der Waals surface area contributed by atoms with E-state index in [2.05, 4.69) is 10.7 Å². The predicted molar refractivity (Wildman–Crippen MR) is 56.7 cm³/mol. The Morgan fingerprint density at radius 1 is 1.47 bits per heavy atom. The molecule has 0 atom stereocenters. The van der Waals surface area contributed by atoms with Crippen LogP contribution in [0.1, 0.15) is 5.56 Å². The summed E-state index contributed by atoms with van der Waals surface area (Å²) in [5.74, 6) is 2.52. The summed E-state index contributed by atoms with van der Waals surface area (Å²) in [5.41, 5.74) is -0.122. The van der Waals surface area contributed by atoms with E-state index in [0.717, 1.165) is 25.3 Å². The van der Waals surface area contributed by atoms with Gasteiger partial charge >= 0.3 is 5.97 Å². The largest absolute Gasteiger partial charge is 0.459 e. The van der Waals surface area contributed by atoms with E-state index in [9.17, 15) is 17.6 Å². The first kappa shape index (κ1) is 13.2. The fraction of sp³-hybridized carbons (Fsp3) is 0.100. The number of hydrogen-bond acceptors (Lipinski definition) is 4. The summed E-state index contributed by atoms with van der Waals surface area (Å²) in [5, 5.41) is 4.81. The average Bonchev–Trinajstić information content (AvgIpc) is 2.25. The van der Waals surface area contributed by atoms with E-state index >= 15 is 0 Å². The Morgan fingerprint density at radius 2 is 2.12 bits per heavy atom. The number of esters is 1. The maximum atomic E-state index is 13.4. The molecular weight excluding hydrogens is 249 g/mol. The molecule has 1 rings (SSSR count). The lowest BCUT2D eigenvalue weighted by atomic mass is 10.2. The smallest absolute Gasteiger partial charge is 0.384 e. The molecular formula is C10H8FNO4S. The highest BCUT2D eigenvalue weighted by Crippen LogP contribution is 2.12. The third-order valence-electron chi connectivity index (χ3n) is 1.75. The number of carbonyl (C=O) groups excluding carboxylic acids is 1. The molecule has 0 bridgehead atoms. The van der Waals surface area contributed by atoms with Crippen LogP contribution in [-0.2, 0) is 19.6 Å². The van der Waals surface area contributed by atoms with Gasteiger partial charge in [-0.25, -0.2) is 22.7 Å². The normalized spacial score (nSPS) is 10.3. The first-order chi connectivity index (χ1) is 7.84. The minimum atomic E-state index is -3.96. The second-order valence-electron chi connectivity index (χ2n) is 2.93. The molecule has 0 amide bonds. The fourth-order valence-corrected chi connectivity index (χ4v) is 1.47. The topological polar surface area (TPSA) is 86.5 Å². The molecule has 5 nitrogen and oxygen atoms in total. The maximum Gasteiger partial charge on any atom is 0.384 e. The summed E-state index contributed by atoms with van der Waals surface area (Å²) in [4.78, 5) is 10.3. The van der Waals surface area contributed by atoms with Gasteiger partial charge < -0.3 is 4.74 Å². The third-order valence-corrected chi connectivity index (χ3v) is 2.66. The molecule has 0 fully saturated rings. The zero-order chi connectivity index (χ0) is 13.1. The molecule has 0 heterocycles. The van der Waals surface area contributed by atoms with Crippen molar-refractivity contribution in [2.75, 3.05) is 7.11 Å². The molecule has 17 heavy (non-hydrogen) atoms. The van der Waals surface area contributed by atoms with Gasteiger partial charge in [-0.05, 0) is 18.2 Å². The Kier molecular flexibility index (Phi) is 3.83. The van der Waals surface area contributed by atoms with Crippen LogP contribution in [0.2, 0.25) is 0 Å². The van der Waals surface area contributed by atoms with Crippen molar-refractivity contribution in [2.24, 2.45) is 5.14 Å². The highest BCUT2D eigenvalue weighted by molar-refractivity contribution is 7.89. The van der Waals surface area contributed by atoms with Gasteiger partial charge in [0.15, 0.2) is 0 Å². The second-order valence-corrected chi connectivity index (χ2v) is 4.49. The van der Waals surface area contributed by atoms with Crippen molar-refractivity contribution in [3.05, 3.63) is 29.6 Å². The van der Waals surface area contributed by atoms with Gasteiger partial charge in [-0.2, -0.15) is 0 Å². The number of nitrogens with two attached hydrogens (primary N) is 1. The van der Waals surface area contributed by atoms with Crippen LogP contribution in [0.4, 0.5) is 4.39 Å². The van der Waals surface area contributed by atoms with Crippen molar-refractivity contribution in [1.82, 2.24) is 0 Å². The first-order valence-electron chi connectivity index (χ1n) is 4.27. The van der Waals surface area contributed by atoms with Gasteiger partial charge in [0, 0.05) is 5.92 Å². The van der Waals surface area contributed by atoms with Crippen LogP contribution in [-0.4, -0.2) is 21.5 Å². The lowest BCUT2D eigenvalue weighted by Crippen LogP contribution is -2.12. The van der Waals surface area contributed by atoms with Crippen molar-refractivity contribution in [1.29, 1.82) is 0 Å². The number of ether oxygens (including phenoxy) is 1. The summed E-state index contributed by atoms with van der Waals surface area (Å²) in [6.45, 7) is 0. The lowest BCUT2D eigenvalue weighted by molar-refractivity contribution is -0.133. The van der Waals surface area contributed by atoms with Gasteiger partial charge in [-0.3, -0.25) is 0 Å². The van der Waals surface area contributed by atoms with Crippen LogP contribution < -0.4 is 5.14 Å². The Balaban J connectivity index is 3.14. The number of halogens is 1. The quantitative estimate of drug-likeness (QED) is 0.566. The Morgan fingerprint density at radius 3 is 2.59 bits per heavy atom. The standard InChI is InChI=1S/C10H8FNO4S/c1-16-10(13)5-3-7-2-4-8(6-9(7)11)17(12,14)15/h2,4,6H,1H3,(H2,12,14,15). The maximum absolute atomic E-state index is 13.4. The van der Waals surface area contributed by atoms with Crippen LogP contribution >= 0.6 is 0 Å². The SMILES string of the molecule is COC(=O)C#Cc1ccc(S(N)(=O)=O)cc1F. The van der Waals surface area contributed by atoms with E-state index in [1.165, 1.54) is 0 Å². The number of hydrogen-bond donors (Lipinski definition) is 1. The predicted octanol–water partition coefficient (Wildman–Crippen LogP) is -0.00240. The number of primary sulfonamides is 1. The van der Waals surface area contributed by atoms with Crippen molar-refractivity contribution >= 4 is 16.0 Å². The highest BCUT2D eigenvalue weighted by atomic mass is 32.2. The molecule has 1 aromatic carbocycles. The number of rotatable bonds is 1. The van der Waals surface area contributed by atoms with E-state index in [1.54, 1.807) is 0 Å². The number of benzene rings is 1. The summed E-state index contributed by atoms with van der Waals surface area (Å²) >= 11 is 0. The van der Waals surface area contributed by atoms with E-state index < -0.39 is 21.8 Å². The van der Waals surface area contributed by atoms with Crippen molar-refractivity contribution in [2.45, 2.75) is 4.90 Å². The summed E-state index contributed by atoms with van der Waals surface area (Å²) < 4.78 is 39.4. The number of sulfonamides is 1. The molecule has 0 aliphatic rings. The van der Waals surface area contributed by atoms with Crippen molar-refractivity contribution in [3.8, 4) is 11.8 Å². The fourth-order valence-electron chi connectivity index (χ4n) is 0.944. The first-order valence-corrected chi connectivity index (χ1v) is 5.81. The summed E-state index contributed by atoms with van der Waals surface area (Å²) in [6.07, 6.45) is 0. The Bertz CT molecular complexity index is 613. The van der Waals surface area contributed by atoms with Gasteiger partial charge in [-0.15, -0.1) is 0 Å². The zero-order valence-corrected chi connectivity index (χ0v) is 9.55. The van der Waals surface area contributed by atoms with Crippen LogP contribution in [0.25, 0.3) is 0 Å². The number of carbonyl (C=O) groups is 1. The minimum Gasteiger partial charge on any atom is -0.459 e. The van der Waals surface area contributed by atoms with Crippen molar-refractivity contribution in [3.63, 3.8) is 0 Å². The van der Waals surface area contributed by atoms with E-state index in [4.69, 9.17) is 5.14 Å². The van der Waals surface area contributed by atoms with Crippen LogP contribution in [0.15, 0.2) is 23.1 Å². The monoisotopic (exact) mass is 257 g/mol. The second kappa shape index (κ2) is 4.95. The molecule has 0 spiro atoms. The van der Waals surface area contributed by atoms with Crippen LogP contribution in [0.3, 0.4) is 0 Å².